The second-order valence-corrected chi connectivity index (χ2v) is 5.68. The van der Waals surface area contributed by atoms with Crippen molar-refractivity contribution in [3.63, 3.8) is 0 Å². The van der Waals surface area contributed by atoms with Gasteiger partial charge in [0, 0.05) is 16.6 Å². The Morgan fingerprint density at radius 1 is 1.33 bits per heavy atom. The van der Waals surface area contributed by atoms with E-state index in [4.69, 9.17) is 0 Å². The van der Waals surface area contributed by atoms with Crippen molar-refractivity contribution in [2.24, 2.45) is 0 Å². The maximum absolute atomic E-state index is 13.6. The van der Waals surface area contributed by atoms with E-state index < -0.39 is 4.92 Å². The summed E-state index contributed by atoms with van der Waals surface area (Å²) in [6.07, 6.45) is 0.444. The summed E-state index contributed by atoms with van der Waals surface area (Å²) in [6.45, 7) is 1.86. The van der Waals surface area contributed by atoms with Crippen molar-refractivity contribution < 1.29 is 9.31 Å². The summed E-state index contributed by atoms with van der Waals surface area (Å²) in [6, 6.07) is 11.2. The molecule has 0 radical (unpaired) electrons. The second kappa shape index (κ2) is 6.67. The third kappa shape index (κ3) is 4.01. The molecule has 2 aromatic carbocycles. The van der Waals surface area contributed by atoms with Crippen molar-refractivity contribution >= 4 is 27.3 Å². The molecular formula is C15H14BrFN2O2. The number of halogens is 2. The highest BCUT2D eigenvalue weighted by Gasteiger charge is 2.16. The summed E-state index contributed by atoms with van der Waals surface area (Å²) in [7, 11) is 0. The molecule has 2 aromatic rings. The van der Waals surface area contributed by atoms with Crippen molar-refractivity contribution in [2.75, 3.05) is 5.32 Å². The predicted octanol–water partition coefficient (Wildman–Crippen LogP) is 4.54. The lowest BCUT2D eigenvalue weighted by molar-refractivity contribution is -0.384. The molecule has 0 aliphatic heterocycles. The number of benzene rings is 2. The molecule has 2 rings (SSSR count). The summed E-state index contributed by atoms with van der Waals surface area (Å²) in [5, 5.41) is 14.1. The minimum atomic E-state index is -0.442. The lowest BCUT2D eigenvalue weighted by Gasteiger charge is -2.16. The van der Waals surface area contributed by atoms with E-state index in [0.717, 1.165) is 0 Å². The van der Waals surface area contributed by atoms with Gasteiger partial charge >= 0.3 is 0 Å². The molecule has 0 heterocycles. The summed E-state index contributed by atoms with van der Waals surface area (Å²) in [5.74, 6) is -0.267. The largest absolute Gasteiger partial charge is 0.377 e. The van der Waals surface area contributed by atoms with E-state index in [9.17, 15) is 14.5 Å². The average molecular weight is 353 g/mol. The molecule has 0 aliphatic rings. The van der Waals surface area contributed by atoms with Crippen molar-refractivity contribution in [1.82, 2.24) is 0 Å². The van der Waals surface area contributed by atoms with Gasteiger partial charge in [0.05, 0.1) is 4.92 Å². The van der Waals surface area contributed by atoms with E-state index in [-0.39, 0.29) is 17.5 Å². The molecule has 1 atom stereocenters. The zero-order valence-electron chi connectivity index (χ0n) is 11.3. The number of nitrogens with one attached hydrogen (secondary N) is 1. The van der Waals surface area contributed by atoms with Crippen molar-refractivity contribution in [3.05, 3.63) is 68.4 Å². The normalized spacial score (nSPS) is 12.0. The second-order valence-electron chi connectivity index (χ2n) is 4.76. The third-order valence-corrected chi connectivity index (χ3v) is 3.54. The van der Waals surface area contributed by atoms with E-state index >= 15 is 0 Å². The predicted molar refractivity (Wildman–Crippen MR) is 84.0 cm³/mol. The van der Waals surface area contributed by atoms with Crippen LogP contribution >= 0.6 is 15.9 Å². The van der Waals surface area contributed by atoms with Crippen LogP contribution in [0.1, 0.15) is 12.5 Å². The molecule has 0 bridgehead atoms. The van der Waals surface area contributed by atoms with Gasteiger partial charge in [-0.2, -0.15) is 0 Å². The molecule has 110 valence electrons. The van der Waals surface area contributed by atoms with Crippen molar-refractivity contribution in [3.8, 4) is 0 Å². The summed E-state index contributed by atoms with van der Waals surface area (Å²) >= 11 is 3.21. The number of rotatable bonds is 5. The molecule has 0 aromatic heterocycles. The molecule has 0 saturated carbocycles. The molecule has 21 heavy (non-hydrogen) atoms. The topological polar surface area (TPSA) is 55.2 Å². The van der Waals surface area contributed by atoms with Gasteiger partial charge in [0.25, 0.3) is 5.69 Å². The molecule has 0 fully saturated rings. The van der Waals surface area contributed by atoms with Crippen molar-refractivity contribution in [2.45, 2.75) is 19.4 Å². The van der Waals surface area contributed by atoms with Crippen LogP contribution in [0.4, 0.5) is 15.8 Å². The Kier molecular flexibility index (Phi) is 4.90. The fourth-order valence-electron chi connectivity index (χ4n) is 2.09. The Balaban J connectivity index is 2.15. The molecule has 1 unspecified atom stereocenters. The molecule has 6 heteroatoms. The number of hydrogen-bond donors (Lipinski definition) is 1. The van der Waals surface area contributed by atoms with E-state index in [1.165, 1.54) is 12.1 Å². The van der Waals surface area contributed by atoms with Gasteiger partial charge in [-0.1, -0.05) is 34.1 Å². The fourth-order valence-corrected chi connectivity index (χ4v) is 2.44. The minimum Gasteiger partial charge on any atom is -0.377 e. The highest BCUT2D eigenvalue weighted by Crippen LogP contribution is 2.28. The molecule has 0 saturated heterocycles. The van der Waals surface area contributed by atoms with E-state index in [0.29, 0.717) is 22.1 Å². The Hall–Kier alpha value is -1.95. The molecule has 0 amide bonds. The first-order valence-electron chi connectivity index (χ1n) is 6.41. The van der Waals surface area contributed by atoms with Crippen molar-refractivity contribution in [1.29, 1.82) is 0 Å². The van der Waals surface area contributed by atoms with E-state index in [1.807, 2.05) is 6.92 Å². The Morgan fingerprint density at radius 3 is 2.71 bits per heavy atom. The van der Waals surface area contributed by atoms with Gasteiger partial charge in [-0.15, -0.1) is 0 Å². The average Bonchev–Trinajstić information content (AvgIpc) is 2.43. The Labute approximate surface area is 130 Å². The number of nitro benzene ring substituents is 1. The smallest absolute Gasteiger partial charge is 0.293 e. The number of hydrogen-bond acceptors (Lipinski definition) is 3. The zero-order valence-corrected chi connectivity index (χ0v) is 12.9. The first-order valence-corrected chi connectivity index (χ1v) is 7.20. The summed E-state index contributed by atoms with van der Waals surface area (Å²) in [5.41, 5.74) is 0.995. The van der Waals surface area contributed by atoms with Crippen LogP contribution in [-0.2, 0) is 6.42 Å². The molecule has 4 nitrogen and oxygen atoms in total. The lowest BCUT2D eigenvalue weighted by atomic mass is 10.1. The van der Waals surface area contributed by atoms with Gasteiger partial charge in [-0.25, -0.2) is 4.39 Å². The minimum absolute atomic E-state index is 0.00948. The monoisotopic (exact) mass is 352 g/mol. The Bertz CT molecular complexity index is 664. The number of nitrogens with zero attached hydrogens (tertiary/aromatic N) is 1. The third-order valence-electron chi connectivity index (χ3n) is 3.04. The van der Waals surface area contributed by atoms with Crippen LogP contribution in [0.25, 0.3) is 0 Å². The summed E-state index contributed by atoms with van der Waals surface area (Å²) in [4.78, 5) is 10.6. The maximum Gasteiger partial charge on any atom is 0.293 e. The van der Waals surface area contributed by atoms with Gasteiger partial charge in [0.15, 0.2) is 0 Å². The van der Waals surface area contributed by atoms with Gasteiger partial charge < -0.3 is 5.32 Å². The van der Waals surface area contributed by atoms with Gasteiger partial charge in [-0.3, -0.25) is 10.1 Å². The van der Waals surface area contributed by atoms with E-state index in [1.54, 1.807) is 30.3 Å². The lowest BCUT2D eigenvalue weighted by Crippen LogP contribution is -2.19. The first kappa shape index (κ1) is 15.4. The van der Waals surface area contributed by atoms with Gasteiger partial charge in [0.1, 0.15) is 11.5 Å². The van der Waals surface area contributed by atoms with Crippen LogP contribution in [0.15, 0.2) is 46.9 Å². The molecule has 0 aliphatic carbocycles. The number of anilines is 1. The van der Waals surface area contributed by atoms with Gasteiger partial charge in [-0.05, 0) is 37.1 Å². The van der Waals surface area contributed by atoms with Crippen LogP contribution in [-0.4, -0.2) is 11.0 Å². The molecular weight excluding hydrogens is 339 g/mol. The van der Waals surface area contributed by atoms with Crippen LogP contribution in [0, 0.1) is 15.9 Å². The van der Waals surface area contributed by atoms with Crippen LogP contribution in [0.5, 0.6) is 0 Å². The van der Waals surface area contributed by atoms with E-state index in [2.05, 4.69) is 21.2 Å². The SMILES string of the molecule is CC(Cc1ccccc1F)Nc1ccc(Br)cc1[N+](=O)[O-]. The van der Waals surface area contributed by atoms with Gasteiger partial charge in [0.2, 0.25) is 0 Å². The van der Waals surface area contributed by atoms with Crippen LogP contribution in [0.3, 0.4) is 0 Å². The maximum atomic E-state index is 13.6. The number of nitro groups is 1. The Morgan fingerprint density at radius 2 is 2.05 bits per heavy atom. The molecule has 0 spiro atoms. The van der Waals surface area contributed by atoms with Crippen LogP contribution in [0.2, 0.25) is 0 Å². The summed E-state index contributed by atoms with van der Waals surface area (Å²) < 4.78 is 14.2. The highest BCUT2D eigenvalue weighted by molar-refractivity contribution is 9.10. The molecule has 1 N–H and O–H groups in total. The quantitative estimate of drug-likeness (QED) is 0.634. The fraction of sp³-hybridized carbons (Fsp3) is 0.200. The van der Waals surface area contributed by atoms with Crippen LogP contribution < -0.4 is 5.32 Å². The highest BCUT2D eigenvalue weighted by atomic mass is 79.9. The first-order chi connectivity index (χ1) is 9.97. The zero-order chi connectivity index (χ0) is 15.4. The standard InChI is InChI=1S/C15H14BrFN2O2/c1-10(8-11-4-2-3-5-13(11)17)18-14-7-6-12(16)9-15(14)19(20)21/h2-7,9-10,18H,8H2,1H3.